The van der Waals surface area contributed by atoms with E-state index in [0.29, 0.717) is 12.6 Å². The highest BCUT2D eigenvalue weighted by Crippen LogP contribution is 2.28. The van der Waals surface area contributed by atoms with Gasteiger partial charge < -0.3 is 4.74 Å². The summed E-state index contributed by atoms with van der Waals surface area (Å²) in [5, 5.41) is 3.58. The van der Waals surface area contributed by atoms with Crippen molar-refractivity contribution in [2.24, 2.45) is 0 Å². The molecule has 116 valence electrons. The number of hydrogen-bond acceptors (Lipinski definition) is 3. The highest BCUT2D eigenvalue weighted by atomic mass is 127. The Balaban J connectivity index is 2.24. The minimum atomic E-state index is -0.762. The van der Waals surface area contributed by atoms with Crippen LogP contribution in [-0.4, -0.2) is 18.6 Å². The molecule has 0 saturated heterocycles. The normalized spacial score (nSPS) is 19.0. The molecule has 0 bridgehead atoms. The standard InChI is InChI=1S/C17H24INO2/c1-3-21-16(20)17(2,13-9-11-14(18)12-10-13)19-15-7-5-4-6-8-15/h9-12,15,19H,3-8H2,1-2H3. The fraction of sp³-hybridized carbons (Fsp3) is 0.588. The average Bonchev–Trinajstić information content (AvgIpc) is 2.49. The number of benzene rings is 1. The average molecular weight is 401 g/mol. The second-order valence-electron chi connectivity index (χ2n) is 5.83. The van der Waals surface area contributed by atoms with Crippen LogP contribution in [0.15, 0.2) is 24.3 Å². The van der Waals surface area contributed by atoms with Crippen molar-refractivity contribution in [1.82, 2.24) is 5.32 Å². The predicted molar refractivity (Wildman–Crippen MR) is 93.2 cm³/mol. The third-order valence-corrected chi connectivity index (χ3v) is 4.92. The molecule has 2 rings (SSSR count). The van der Waals surface area contributed by atoms with Gasteiger partial charge in [0.15, 0.2) is 0 Å². The number of carbonyl (C=O) groups is 1. The van der Waals surface area contributed by atoms with E-state index in [2.05, 4.69) is 27.9 Å². The zero-order valence-corrected chi connectivity index (χ0v) is 15.0. The van der Waals surface area contributed by atoms with Gasteiger partial charge in [0.05, 0.1) is 6.61 Å². The Labute approximate surface area is 141 Å². The monoisotopic (exact) mass is 401 g/mol. The lowest BCUT2D eigenvalue weighted by molar-refractivity contribution is -0.151. The van der Waals surface area contributed by atoms with Crippen molar-refractivity contribution in [2.45, 2.75) is 57.5 Å². The van der Waals surface area contributed by atoms with Crippen molar-refractivity contribution in [3.05, 3.63) is 33.4 Å². The molecule has 1 aromatic rings. The highest BCUT2D eigenvalue weighted by molar-refractivity contribution is 14.1. The predicted octanol–water partition coefficient (Wildman–Crippen LogP) is 3.99. The zero-order valence-electron chi connectivity index (χ0n) is 12.8. The molecule has 1 aliphatic carbocycles. The molecule has 1 saturated carbocycles. The van der Waals surface area contributed by atoms with Crippen LogP contribution in [0.5, 0.6) is 0 Å². The zero-order chi connectivity index (χ0) is 15.3. The summed E-state index contributed by atoms with van der Waals surface area (Å²) in [6.07, 6.45) is 6.06. The van der Waals surface area contributed by atoms with E-state index in [4.69, 9.17) is 4.74 Å². The minimum Gasteiger partial charge on any atom is -0.464 e. The SMILES string of the molecule is CCOC(=O)C(C)(NC1CCCCC1)c1ccc(I)cc1. The molecule has 0 spiro atoms. The number of ether oxygens (including phenoxy) is 1. The van der Waals surface area contributed by atoms with E-state index in [9.17, 15) is 4.79 Å². The Morgan fingerprint density at radius 3 is 2.48 bits per heavy atom. The first kappa shape index (κ1) is 16.7. The van der Waals surface area contributed by atoms with Crippen LogP contribution >= 0.6 is 22.6 Å². The van der Waals surface area contributed by atoms with Crippen LogP contribution < -0.4 is 5.32 Å². The summed E-state index contributed by atoms with van der Waals surface area (Å²) in [6, 6.07) is 8.52. The van der Waals surface area contributed by atoms with E-state index >= 15 is 0 Å². The number of esters is 1. The summed E-state index contributed by atoms with van der Waals surface area (Å²) in [5.41, 5.74) is 0.217. The van der Waals surface area contributed by atoms with E-state index in [0.717, 1.165) is 18.4 Å². The van der Waals surface area contributed by atoms with Gasteiger partial charge in [-0.2, -0.15) is 0 Å². The quantitative estimate of drug-likeness (QED) is 0.599. The van der Waals surface area contributed by atoms with Gasteiger partial charge in [-0.25, -0.2) is 4.79 Å². The van der Waals surface area contributed by atoms with E-state index in [1.54, 1.807) is 0 Å². The molecule has 0 amide bonds. The smallest absolute Gasteiger partial charge is 0.330 e. The number of rotatable bonds is 5. The molecule has 1 unspecified atom stereocenters. The first-order valence-electron chi connectivity index (χ1n) is 7.77. The lowest BCUT2D eigenvalue weighted by Crippen LogP contribution is -2.52. The molecule has 3 nitrogen and oxygen atoms in total. The van der Waals surface area contributed by atoms with Gasteiger partial charge in [-0.15, -0.1) is 0 Å². The summed E-state index contributed by atoms with van der Waals surface area (Å²) < 4.78 is 6.50. The molecule has 0 aliphatic heterocycles. The molecule has 1 atom stereocenters. The van der Waals surface area contributed by atoms with Crippen molar-refractivity contribution in [3.8, 4) is 0 Å². The number of carbonyl (C=O) groups excluding carboxylic acids is 1. The summed E-state index contributed by atoms with van der Waals surface area (Å²) >= 11 is 2.28. The summed E-state index contributed by atoms with van der Waals surface area (Å²) in [5.74, 6) is -0.184. The van der Waals surface area contributed by atoms with Gasteiger partial charge >= 0.3 is 5.97 Å². The number of halogens is 1. The van der Waals surface area contributed by atoms with Crippen molar-refractivity contribution < 1.29 is 9.53 Å². The third kappa shape index (κ3) is 4.19. The lowest BCUT2D eigenvalue weighted by Gasteiger charge is -2.35. The largest absolute Gasteiger partial charge is 0.464 e. The number of hydrogen-bond donors (Lipinski definition) is 1. The Hall–Kier alpha value is -0.620. The van der Waals surface area contributed by atoms with Gasteiger partial charge in [0.1, 0.15) is 5.54 Å². The van der Waals surface area contributed by atoms with Crippen LogP contribution in [0.4, 0.5) is 0 Å². The third-order valence-electron chi connectivity index (χ3n) is 4.20. The van der Waals surface area contributed by atoms with Crippen molar-refractivity contribution in [3.63, 3.8) is 0 Å². The molecule has 1 fully saturated rings. The van der Waals surface area contributed by atoms with Crippen LogP contribution in [-0.2, 0) is 15.1 Å². The van der Waals surface area contributed by atoms with Crippen LogP contribution in [0.25, 0.3) is 0 Å². The maximum absolute atomic E-state index is 12.5. The van der Waals surface area contributed by atoms with E-state index in [1.807, 2.05) is 38.1 Å². The second kappa shape index (κ2) is 7.58. The van der Waals surface area contributed by atoms with Crippen LogP contribution in [0.1, 0.15) is 51.5 Å². The van der Waals surface area contributed by atoms with Crippen molar-refractivity contribution in [1.29, 1.82) is 0 Å². The second-order valence-corrected chi connectivity index (χ2v) is 7.08. The molecule has 1 aliphatic rings. The van der Waals surface area contributed by atoms with E-state index in [-0.39, 0.29) is 5.97 Å². The number of nitrogens with one attached hydrogen (secondary N) is 1. The molecule has 1 N–H and O–H groups in total. The van der Waals surface area contributed by atoms with Crippen LogP contribution in [0.2, 0.25) is 0 Å². The fourth-order valence-electron chi connectivity index (χ4n) is 2.97. The van der Waals surface area contributed by atoms with Gasteiger partial charge in [0, 0.05) is 9.61 Å². The van der Waals surface area contributed by atoms with Crippen molar-refractivity contribution in [2.75, 3.05) is 6.61 Å². The first-order valence-corrected chi connectivity index (χ1v) is 8.85. The molecular formula is C17H24INO2. The fourth-order valence-corrected chi connectivity index (χ4v) is 3.33. The summed E-state index contributed by atoms with van der Waals surface area (Å²) in [4.78, 5) is 12.5. The van der Waals surface area contributed by atoms with Gasteiger partial charge in [-0.05, 0) is 67.0 Å². The summed E-state index contributed by atoms with van der Waals surface area (Å²) in [7, 11) is 0. The molecule has 0 heterocycles. The molecule has 21 heavy (non-hydrogen) atoms. The topological polar surface area (TPSA) is 38.3 Å². The maximum Gasteiger partial charge on any atom is 0.330 e. The molecule has 0 aromatic heterocycles. The van der Waals surface area contributed by atoms with Gasteiger partial charge in [-0.3, -0.25) is 5.32 Å². The maximum atomic E-state index is 12.5. The highest BCUT2D eigenvalue weighted by Gasteiger charge is 2.38. The Kier molecular flexibility index (Phi) is 6.05. The van der Waals surface area contributed by atoms with Gasteiger partial charge in [0.25, 0.3) is 0 Å². The minimum absolute atomic E-state index is 0.184. The van der Waals surface area contributed by atoms with E-state index < -0.39 is 5.54 Å². The van der Waals surface area contributed by atoms with Crippen LogP contribution in [0, 0.1) is 3.57 Å². The van der Waals surface area contributed by atoms with E-state index in [1.165, 1.54) is 22.8 Å². The summed E-state index contributed by atoms with van der Waals surface area (Å²) in [6.45, 7) is 4.21. The Morgan fingerprint density at radius 1 is 1.29 bits per heavy atom. The first-order chi connectivity index (χ1) is 10.1. The van der Waals surface area contributed by atoms with Gasteiger partial charge in [0.2, 0.25) is 0 Å². The molecule has 1 aromatic carbocycles. The Morgan fingerprint density at radius 2 is 1.90 bits per heavy atom. The molecular weight excluding hydrogens is 377 g/mol. The molecule has 4 heteroatoms. The lowest BCUT2D eigenvalue weighted by atomic mass is 9.87. The van der Waals surface area contributed by atoms with Crippen LogP contribution in [0.3, 0.4) is 0 Å². The van der Waals surface area contributed by atoms with Crippen molar-refractivity contribution >= 4 is 28.6 Å². The van der Waals surface area contributed by atoms with Gasteiger partial charge in [-0.1, -0.05) is 31.4 Å². The molecule has 0 radical (unpaired) electrons. The Bertz CT molecular complexity index is 468.